The van der Waals surface area contributed by atoms with Gasteiger partial charge in [-0.3, -0.25) is 0 Å². The molecule has 3 heteroatoms. The second-order valence-corrected chi connectivity index (χ2v) is 9.83. The lowest BCUT2D eigenvalue weighted by Gasteiger charge is -2.18. The second kappa shape index (κ2) is 13.1. The van der Waals surface area contributed by atoms with Gasteiger partial charge in [-0.15, -0.1) is 0 Å². The summed E-state index contributed by atoms with van der Waals surface area (Å²) in [4.78, 5) is 11.8. The maximum absolute atomic E-state index is 11.8. The molecule has 42 heavy (non-hydrogen) atoms. The van der Waals surface area contributed by atoms with Crippen LogP contribution >= 0.6 is 0 Å². The minimum Gasteiger partial charge on any atom is -0.423 e. The summed E-state index contributed by atoms with van der Waals surface area (Å²) in [5.41, 5.74) is 9.21. The van der Waals surface area contributed by atoms with Gasteiger partial charge in [-0.05, 0) is 81.8 Å². The van der Waals surface area contributed by atoms with Crippen LogP contribution in [0.4, 0.5) is 0 Å². The zero-order valence-corrected chi connectivity index (χ0v) is 23.3. The van der Waals surface area contributed by atoms with Crippen LogP contribution in [0.15, 0.2) is 152 Å². The smallest absolute Gasteiger partial charge is 0.338 e. The van der Waals surface area contributed by atoms with E-state index in [0.717, 1.165) is 44.5 Å². The molecule has 0 saturated heterocycles. The highest BCUT2D eigenvalue weighted by molar-refractivity contribution is 6.04. The largest absolute Gasteiger partial charge is 0.423 e. The third-order valence-electron chi connectivity index (χ3n) is 6.79. The van der Waals surface area contributed by atoms with Crippen molar-refractivity contribution in [3.63, 3.8) is 0 Å². The molecule has 0 spiro atoms. The van der Waals surface area contributed by atoms with Crippen LogP contribution in [0.2, 0.25) is 0 Å². The molecule has 0 unspecified atom stereocenters. The van der Waals surface area contributed by atoms with Crippen molar-refractivity contribution in [2.75, 3.05) is 0 Å². The summed E-state index contributed by atoms with van der Waals surface area (Å²) in [7, 11) is 0. The fourth-order valence-corrected chi connectivity index (χ4v) is 4.71. The van der Waals surface area contributed by atoms with Crippen molar-refractivity contribution >= 4 is 28.8 Å². The van der Waals surface area contributed by atoms with E-state index in [1.807, 2.05) is 36.4 Å². The van der Waals surface area contributed by atoms with E-state index in [0.29, 0.717) is 16.9 Å². The van der Waals surface area contributed by atoms with Crippen molar-refractivity contribution in [3.8, 4) is 11.8 Å². The topological polar surface area (TPSA) is 50.1 Å². The van der Waals surface area contributed by atoms with Crippen molar-refractivity contribution in [3.05, 3.63) is 185 Å². The highest BCUT2D eigenvalue weighted by Gasteiger charge is 2.16. The van der Waals surface area contributed by atoms with E-state index in [4.69, 9.17) is 4.74 Å². The number of benzene rings is 5. The van der Waals surface area contributed by atoms with Crippen LogP contribution in [0.3, 0.4) is 0 Å². The first-order valence-corrected chi connectivity index (χ1v) is 13.6. The Morgan fingerprint density at radius 2 is 1.02 bits per heavy atom. The van der Waals surface area contributed by atoms with E-state index < -0.39 is 5.97 Å². The standard InChI is InChI=1S/C39H29NO2/c1-28(2)39(41)42-36-24-22-30(23-25-36)35(27-40)26-29-18-20-34(21-19-29)38(33-16-10-5-11-17-33)37(31-12-6-3-7-13-31)32-14-8-4-9-15-32/h3-26H,1H2,2H3/b35-26+. The molecule has 0 aliphatic heterocycles. The highest BCUT2D eigenvalue weighted by Crippen LogP contribution is 2.37. The van der Waals surface area contributed by atoms with Gasteiger partial charge < -0.3 is 4.74 Å². The molecule has 202 valence electrons. The van der Waals surface area contributed by atoms with Gasteiger partial charge in [0, 0.05) is 5.57 Å². The van der Waals surface area contributed by atoms with E-state index in [1.54, 1.807) is 31.2 Å². The molecule has 0 bridgehead atoms. The maximum atomic E-state index is 11.8. The Morgan fingerprint density at radius 1 is 0.619 bits per heavy atom. The molecule has 3 nitrogen and oxygen atoms in total. The Balaban J connectivity index is 1.55. The Labute approximate surface area is 247 Å². The fourth-order valence-electron chi connectivity index (χ4n) is 4.71. The van der Waals surface area contributed by atoms with Crippen LogP contribution in [-0.4, -0.2) is 5.97 Å². The molecule has 0 radical (unpaired) electrons. The lowest BCUT2D eigenvalue weighted by Crippen LogP contribution is -2.07. The minimum absolute atomic E-state index is 0.324. The van der Waals surface area contributed by atoms with Crippen LogP contribution in [0.25, 0.3) is 22.8 Å². The molecular weight excluding hydrogens is 514 g/mol. The first-order chi connectivity index (χ1) is 20.5. The first-order valence-electron chi connectivity index (χ1n) is 13.6. The summed E-state index contributed by atoms with van der Waals surface area (Å²) >= 11 is 0. The number of hydrogen-bond acceptors (Lipinski definition) is 3. The minimum atomic E-state index is -0.481. The number of nitrogens with zero attached hydrogens (tertiary/aromatic N) is 1. The van der Waals surface area contributed by atoms with Crippen molar-refractivity contribution in [1.82, 2.24) is 0 Å². The molecule has 0 aliphatic carbocycles. The summed E-state index contributed by atoms with van der Waals surface area (Å²) in [6.07, 6.45) is 1.86. The zero-order chi connectivity index (χ0) is 29.3. The number of carbonyl (C=O) groups excluding carboxylic acids is 1. The molecule has 5 aromatic carbocycles. The monoisotopic (exact) mass is 543 g/mol. The molecule has 5 rings (SSSR count). The first kappa shape index (κ1) is 27.8. The number of nitriles is 1. The molecule has 0 fully saturated rings. The van der Waals surface area contributed by atoms with Crippen molar-refractivity contribution in [2.45, 2.75) is 6.92 Å². The van der Waals surface area contributed by atoms with Crippen LogP contribution in [0.5, 0.6) is 5.75 Å². The van der Waals surface area contributed by atoms with Gasteiger partial charge in [-0.2, -0.15) is 5.26 Å². The van der Waals surface area contributed by atoms with Crippen LogP contribution in [0.1, 0.15) is 40.3 Å². The quantitative estimate of drug-likeness (QED) is 0.0644. The van der Waals surface area contributed by atoms with Gasteiger partial charge in [-0.25, -0.2) is 4.79 Å². The molecule has 5 aromatic rings. The summed E-state index contributed by atoms with van der Waals surface area (Å²) in [6, 6.07) is 48.8. The summed E-state index contributed by atoms with van der Waals surface area (Å²) in [5.74, 6) is -0.0771. The maximum Gasteiger partial charge on any atom is 0.338 e. The molecule has 0 atom stereocenters. The van der Waals surface area contributed by atoms with Crippen LogP contribution in [0, 0.1) is 11.3 Å². The molecular formula is C39H29NO2. The lowest BCUT2D eigenvalue weighted by molar-refractivity contribution is -0.130. The number of hydrogen-bond donors (Lipinski definition) is 0. The number of ether oxygens (including phenoxy) is 1. The molecule has 0 aromatic heterocycles. The number of carbonyl (C=O) groups is 1. The van der Waals surface area contributed by atoms with E-state index in [1.165, 1.54) is 0 Å². The molecule has 0 aliphatic rings. The van der Waals surface area contributed by atoms with Gasteiger partial charge in [0.2, 0.25) is 0 Å². The highest BCUT2D eigenvalue weighted by atomic mass is 16.5. The number of rotatable bonds is 8. The normalized spacial score (nSPS) is 10.8. The van der Waals surface area contributed by atoms with E-state index in [9.17, 15) is 10.1 Å². The van der Waals surface area contributed by atoms with Crippen LogP contribution < -0.4 is 4.74 Å². The van der Waals surface area contributed by atoms with E-state index in [2.05, 4.69) is 97.6 Å². The van der Waals surface area contributed by atoms with Gasteiger partial charge in [0.05, 0.1) is 11.6 Å². The average Bonchev–Trinajstić information content (AvgIpc) is 3.04. The summed E-state index contributed by atoms with van der Waals surface area (Å²) in [5, 5.41) is 9.92. The molecule has 0 heterocycles. The van der Waals surface area contributed by atoms with Crippen molar-refractivity contribution < 1.29 is 9.53 Å². The predicted octanol–water partition coefficient (Wildman–Crippen LogP) is 9.24. The SMILES string of the molecule is C=C(C)C(=O)Oc1ccc(/C(C#N)=C/c2ccc(C(=C(c3ccccc3)c3ccccc3)c3ccccc3)cc2)cc1. The third kappa shape index (κ3) is 6.53. The molecule has 0 amide bonds. The Bertz CT molecular complexity index is 1750. The van der Waals surface area contributed by atoms with Gasteiger partial charge in [0.25, 0.3) is 0 Å². The summed E-state index contributed by atoms with van der Waals surface area (Å²) < 4.78 is 5.27. The number of allylic oxidation sites excluding steroid dienone is 1. The average molecular weight is 544 g/mol. The van der Waals surface area contributed by atoms with Gasteiger partial charge in [0.15, 0.2) is 0 Å². The summed E-state index contributed by atoms with van der Waals surface area (Å²) in [6.45, 7) is 5.20. The van der Waals surface area contributed by atoms with Crippen LogP contribution in [-0.2, 0) is 4.79 Å². The Hall–Kier alpha value is -5.72. The van der Waals surface area contributed by atoms with Crippen molar-refractivity contribution in [2.24, 2.45) is 0 Å². The van der Waals surface area contributed by atoms with Gasteiger partial charge in [-0.1, -0.05) is 122 Å². The van der Waals surface area contributed by atoms with Gasteiger partial charge >= 0.3 is 5.97 Å². The van der Waals surface area contributed by atoms with E-state index in [-0.39, 0.29) is 0 Å². The lowest BCUT2D eigenvalue weighted by atomic mass is 9.85. The predicted molar refractivity (Wildman–Crippen MR) is 171 cm³/mol. The van der Waals surface area contributed by atoms with Gasteiger partial charge in [0.1, 0.15) is 5.75 Å². The Morgan fingerprint density at radius 3 is 1.43 bits per heavy atom. The molecule has 0 N–H and O–H groups in total. The second-order valence-electron chi connectivity index (χ2n) is 9.83. The third-order valence-corrected chi connectivity index (χ3v) is 6.79. The zero-order valence-electron chi connectivity index (χ0n) is 23.3. The Kier molecular flexibility index (Phi) is 8.67. The molecule has 0 saturated carbocycles. The number of esters is 1. The van der Waals surface area contributed by atoms with E-state index >= 15 is 0 Å². The van der Waals surface area contributed by atoms with Crippen molar-refractivity contribution in [1.29, 1.82) is 5.26 Å². The fraction of sp³-hybridized carbons (Fsp3) is 0.0256.